The first-order chi connectivity index (χ1) is 44.3. The summed E-state index contributed by atoms with van der Waals surface area (Å²) in [5.74, 6) is -2.33. The third kappa shape index (κ3) is 57.2. The summed E-state index contributed by atoms with van der Waals surface area (Å²) in [6.45, 7) is 7.13. The molecular weight excluding hydrogens is 1200 g/mol. The van der Waals surface area contributed by atoms with E-state index in [2.05, 4.69) is 56.2 Å². The Labute approximate surface area is 585 Å². The van der Waals surface area contributed by atoms with E-state index >= 15 is 0 Å². The summed E-state index contributed by atoms with van der Waals surface area (Å²) in [6.07, 6.45) is 55.3. The molecule has 1 rings (SSSR count). The van der Waals surface area contributed by atoms with Crippen molar-refractivity contribution in [2.45, 2.75) is 411 Å². The smallest absolute Gasteiger partial charge is 0.726 e. The van der Waals surface area contributed by atoms with Gasteiger partial charge in [0.1, 0.15) is 18.8 Å². The number of aliphatic hydroxyl groups is 1. The Morgan fingerprint density at radius 3 is 1.12 bits per heavy atom. The molecule has 1 aliphatic rings. The fraction of sp³-hybridized carbons (Fsp3) is 0.893. The summed E-state index contributed by atoms with van der Waals surface area (Å²) in [5.41, 5.74) is 0. The van der Waals surface area contributed by atoms with Crippen molar-refractivity contribution in [1.82, 2.24) is 0 Å². The van der Waals surface area contributed by atoms with E-state index in [0.29, 0.717) is 25.7 Å². The van der Waals surface area contributed by atoms with Crippen LogP contribution in [0.3, 0.4) is 0 Å². The average molecular weight is 1330 g/mol. The molecule has 1 aliphatic heterocycles. The molecule has 0 aromatic carbocycles. The van der Waals surface area contributed by atoms with Crippen LogP contribution in [0.4, 0.5) is 0 Å². The number of carbonyl (C=O) groups is 4. The molecular formula is C75H137NaO15S. The molecule has 1 N–H and O–H groups in total. The van der Waals surface area contributed by atoms with Crippen molar-refractivity contribution in [3.63, 3.8) is 0 Å². The first-order valence-corrected chi connectivity index (χ1v) is 39.3. The van der Waals surface area contributed by atoms with E-state index in [-0.39, 0.29) is 61.8 Å². The van der Waals surface area contributed by atoms with Crippen molar-refractivity contribution in [2.24, 2.45) is 0 Å². The van der Waals surface area contributed by atoms with E-state index in [1.54, 1.807) is 0 Å². The van der Waals surface area contributed by atoms with Gasteiger partial charge in [-0.05, 0) is 57.8 Å². The Balaban J connectivity index is 0.0000828. The Kier molecular flexibility index (Phi) is 65.0. The molecule has 534 valence electrons. The molecule has 0 unspecified atom stereocenters. The Morgan fingerprint density at radius 1 is 0.424 bits per heavy atom. The molecule has 0 saturated carbocycles. The van der Waals surface area contributed by atoms with Gasteiger partial charge in [-0.25, -0.2) is 8.42 Å². The second kappa shape index (κ2) is 66.3. The van der Waals surface area contributed by atoms with Crippen LogP contribution in [0.1, 0.15) is 374 Å². The molecule has 0 radical (unpaired) electrons. The molecule has 1 fully saturated rings. The number of unbranched alkanes of at least 4 members (excludes halogenated alkanes) is 44. The fourth-order valence-electron chi connectivity index (χ4n) is 11.8. The maximum absolute atomic E-state index is 13.8. The fourth-order valence-corrected chi connectivity index (χ4v) is 12.1. The van der Waals surface area contributed by atoms with Crippen molar-refractivity contribution in [2.75, 3.05) is 19.8 Å². The van der Waals surface area contributed by atoms with E-state index < -0.39 is 84.3 Å². The zero-order valence-electron chi connectivity index (χ0n) is 59.6. The second-order valence-electron chi connectivity index (χ2n) is 26.2. The van der Waals surface area contributed by atoms with Crippen LogP contribution in [-0.4, -0.2) is 98.6 Å². The monoisotopic (exact) mass is 1330 g/mol. The third-order valence-electron chi connectivity index (χ3n) is 17.5. The Bertz CT molecular complexity index is 1870. The number of allylic oxidation sites excluding steroid dienone is 4. The van der Waals surface area contributed by atoms with Gasteiger partial charge in [0.2, 0.25) is 10.4 Å². The van der Waals surface area contributed by atoms with E-state index in [1.807, 2.05) is 0 Å². The van der Waals surface area contributed by atoms with Gasteiger partial charge in [0.15, 0.2) is 24.6 Å². The zero-order valence-corrected chi connectivity index (χ0v) is 62.5. The topological polar surface area (TPSA) is 210 Å². The minimum atomic E-state index is -5.28. The summed E-state index contributed by atoms with van der Waals surface area (Å²) >= 11 is 0. The van der Waals surface area contributed by atoms with Crippen LogP contribution in [0.5, 0.6) is 0 Å². The van der Waals surface area contributed by atoms with Crippen LogP contribution in [0, 0.1) is 0 Å². The molecule has 92 heavy (non-hydrogen) atoms. The SMILES string of the molecule is CCCCC/C=C\C/C=C\CCCCCCCC(=O)OC[C@H](CO[C@H]1O[C@H](COS(=O)(=O)[O-])[C@@H](O)[C@H](OC(=O)CCCCCCCCCCCCCCC)[C@H]1OC(=O)CCCCCCCCCCCCCCC)OC(=O)CCCCCCCCCCCCCCC.[Na+]. The largest absolute Gasteiger partial charge is 1.00 e. The van der Waals surface area contributed by atoms with Crippen molar-refractivity contribution in [1.29, 1.82) is 0 Å². The average Bonchev–Trinajstić information content (AvgIpc) is 0.969. The maximum Gasteiger partial charge on any atom is 1.00 e. The van der Waals surface area contributed by atoms with Crippen molar-refractivity contribution in [3.8, 4) is 0 Å². The second-order valence-corrected chi connectivity index (χ2v) is 27.3. The van der Waals surface area contributed by atoms with Gasteiger partial charge < -0.3 is 38.1 Å². The van der Waals surface area contributed by atoms with Crippen LogP contribution in [0.25, 0.3) is 0 Å². The Morgan fingerprint density at radius 2 is 0.739 bits per heavy atom. The number of ether oxygens (including phenoxy) is 6. The molecule has 0 amide bonds. The Hall–Kier alpha value is -1.89. The minimum Gasteiger partial charge on any atom is -0.726 e. The molecule has 1 heterocycles. The van der Waals surface area contributed by atoms with Gasteiger partial charge in [-0.1, -0.05) is 315 Å². The molecule has 0 bridgehead atoms. The van der Waals surface area contributed by atoms with Gasteiger partial charge in [0.25, 0.3) is 0 Å². The number of rotatable bonds is 67. The molecule has 17 heteroatoms. The quantitative estimate of drug-likeness (QED) is 0.0114. The zero-order chi connectivity index (χ0) is 66.4. The van der Waals surface area contributed by atoms with Crippen molar-refractivity contribution < 1.29 is 99.4 Å². The summed E-state index contributed by atoms with van der Waals surface area (Å²) in [5, 5.41) is 11.8. The van der Waals surface area contributed by atoms with Gasteiger partial charge in [0, 0.05) is 25.7 Å². The molecule has 6 atom stereocenters. The third-order valence-corrected chi connectivity index (χ3v) is 17.9. The molecule has 0 spiro atoms. The van der Waals surface area contributed by atoms with Crippen LogP contribution in [0.2, 0.25) is 0 Å². The number of hydrogen-bond donors (Lipinski definition) is 1. The number of hydrogen-bond acceptors (Lipinski definition) is 15. The molecule has 1 saturated heterocycles. The predicted molar refractivity (Wildman–Crippen MR) is 367 cm³/mol. The molecule has 0 aromatic heterocycles. The van der Waals surface area contributed by atoms with Crippen LogP contribution < -0.4 is 29.6 Å². The van der Waals surface area contributed by atoms with Gasteiger partial charge in [0.05, 0.1) is 13.2 Å². The molecule has 0 aromatic rings. The maximum atomic E-state index is 13.8. The minimum absolute atomic E-state index is 0. The summed E-state index contributed by atoms with van der Waals surface area (Å²) in [7, 11) is -5.28. The van der Waals surface area contributed by atoms with Crippen LogP contribution >= 0.6 is 0 Å². The van der Waals surface area contributed by atoms with E-state index in [9.17, 15) is 37.3 Å². The molecule has 15 nitrogen and oxygen atoms in total. The summed E-state index contributed by atoms with van der Waals surface area (Å²) in [4.78, 5) is 54.2. The summed E-state index contributed by atoms with van der Waals surface area (Å²) in [6, 6.07) is 0. The number of aliphatic hydroxyl groups excluding tert-OH is 1. The van der Waals surface area contributed by atoms with Crippen LogP contribution in [-0.2, 0) is 62.2 Å². The normalized spacial score (nSPS) is 17.1. The van der Waals surface area contributed by atoms with Crippen LogP contribution in [0.15, 0.2) is 24.3 Å². The first kappa shape index (κ1) is 90.1. The summed E-state index contributed by atoms with van der Waals surface area (Å²) < 4.78 is 75.8. The van der Waals surface area contributed by atoms with Gasteiger partial charge in [-0.2, -0.15) is 0 Å². The van der Waals surface area contributed by atoms with Gasteiger partial charge in [-0.15, -0.1) is 0 Å². The van der Waals surface area contributed by atoms with Gasteiger partial charge in [-0.3, -0.25) is 23.4 Å². The standard InChI is InChI=1S/C75H138O15S.Na/c1-5-9-13-17-21-25-29-33-34-38-39-43-47-51-55-59-68(76)84-63-66(87-69(77)60-56-52-48-44-40-35-30-26-22-18-14-10-6-2)64-85-75-74(90-71(79)62-58-54-50-46-42-37-32-28-24-20-16-12-8-4)73(72(80)67(88-75)65-86-91(81,82)83)89-70(78)61-57-53-49-45-41-36-31-27-23-19-15-11-7-3;/h21,25,33-34,66-67,72-75,80H,5-20,22-24,26-32,35-65H2,1-4H3,(H,81,82,83);/q;+1/p-1/b25-21-,34-33-;/t66-,67-,72-,73+,74-,75+;/m1./s1. The predicted octanol–water partition coefficient (Wildman–Crippen LogP) is 17.1. The number of carbonyl (C=O) groups excluding carboxylic acids is 4. The number of esters is 4. The van der Waals surface area contributed by atoms with E-state index in [4.69, 9.17) is 28.4 Å². The van der Waals surface area contributed by atoms with Crippen molar-refractivity contribution >= 4 is 34.3 Å². The first-order valence-electron chi connectivity index (χ1n) is 37.9. The van der Waals surface area contributed by atoms with Crippen molar-refractivity contribution in [3.05, 3.63) is 24.3 Å². The van der Waals surface area contributed by atoms with E-state index in [0.717, 1.165) is 122 Å². The molecule has 0 aliphatic carbocycles. The van der Waals surface area contributed by atoms with Gasteiger partial charge >= 0.3 is 53.4 Å². The van der Waals surface area contributed by atoms with E-state index in [1.165, 1.54) is 173 Å².